The lowest BCUT2D eigenvalue weighted by Crippen LogP contribution is -2.22. The molecule has 0 bridgehead atoms. The zero-order chi connectivity index (χ0) is 20.0. The van der Waals surface area contributed by atoms with E-state index >= 15 is 0 Å². The van der Waals surface area contributed by atoms with Gasteiger partial charge in [0, 0.05) is 0 Å². The highest BCUT2D eigenvalue weighted by Crippen LogP contribution is 2.29. The number of aryl methyl sites for hydroxylation is 1. The lowest BCUT2D eigenvalue weighted by molar-refractivity contribution is -0.115. The van der Waals surface area contributed by atoms with Crippen LogP contribution >= 0.6 is 23.1 Å². The van der Waals surface area contributed by atoms with Gasteiger partial charge >= 0.3 is 0 Å². The van der Waals surface area contributed by atoms with Crippen LogP contribution in [0.15, 0.2) is 59.8 Å². The molecule has 3 heterocycles. The molecule has 0 saturated carbocycles. The van der Waals surface area contributed by atoms with Gasteiger partial charge in [0.25, 0.3) is 0 Å². The number of thiazole rings is 1. The highest BCUT2D eigenvalue weighted by molar-refractivity contribution is 8.00. The average Bonchev–Trinajstić information content (AvgIpc) is 3.31. The fourth-order valence-corrected chi connectivity index (χ4v) is 5.03. The molecule has 5 rings (SSSR count). The maximum atomic E-state index is 12.8. The molecule has 0 aliphatic heterocycles. The van der Waals surface area contributed by atoms with Crippen LogP contribution in [0.4, 0.5) is 5.13 Å². The number of benzene rings is 2. The highest BCUT2D eigenvalue weighted by atomic mass is 32.2. The molecule has 29 heavy (non-hydrogen) atoms. The Balaban J connectivity index is 1.40. The van der Waals surface area contributed by atoms with E-state index in [9.17, 15) is 4.79 Å². The number of rotatable bonds is 4. The lowest BCUT2D eigenvalue weighted by atomic mass is 10.2. The minimum atomic E-state index is -0.352. The van der Waals surface area contributed by atoms with Crippen molar-refractivity contribution in [1.82, 2.24) is 19.6 Å². The summed E-state index contributed by atoms with van der Waals surface area (Å²) in [5, 5.41) is 13.5. The smallest absolute Gasteiger partial charge is 0.239 e. The van der Waals surface area contributed by atoms with Gasteiger partial charge in [-0.05, 0) is 55.1 Å². The predicted molar refractivity (Wildman–Crippen MR) is 119 cm³/mol. The van der Waals surface area contributed by atoms with E-state index in [2.05, 4.69) is 26.6 Å². The maximum absolute atomic E-state index is 12.8. The van der Waals surface area contributed by atoms with Crippen molar-refractivity contribution in [1.29, 1.82) is 0 Å². The Morgan fingerprint density at radius 2 is 2.00 bits per heavy atom. The Kier molecular flexibility index (Phi) is 4.44. The van der Waals surface area contributed by atoms with E-state index in [-0.39, 0.29) is 11.2 Å². The molecule has 3 aromatic heterocycles. The summed E-state index contributed by atoms with van der Waals surface area (Å²) in [6.07, 6.45) is 0. The van der Waals surface area contributed by atoms with Gasteiger partial charge in [0.05, 0.1) is 21.0 Å². The molecule has 1 atom stereocenters. The van der Waals surface area contributed by atoms with E-state index in [0.29, 0.717) is 10.3 Å². The summed E-state index contributed by atoms with van der Waals surface area (Å²) < 4.78 is 3.06. The molecule has 1 unspecified atom stereocenters. The third-order valence-corrected chi connectivity index (χ3v) is 6.65. The number of anilines is 1. The van der Waals surface area contributed by atoms with Gasteiger partial charge in [0.1, 0.15) is 0 Å². The molecule has 5 aromatic rings. The molecule has 0 radical (unpaired) electrons. The average molecular weight is 420 g/mol. The van der Waals surface area contributed by atoms with Crippen molar-refractivity contribution in [3.63, 3.8) is 0 Å². The summed E-state index contributed by atoms with van der Waals surface area (Å²) >= 11 is 2.87. The zero-order valence-corrected chi connectivity index (χ0v) is 17.4. The van der Waals surface area contributed by atoms with Gasteiger partial charge in [-0.3, -0.25) is 9.20 Å². The molecule has 0 fully saturated rings. The monoisotopic (exact) mass is 419 g/mol. The summed E-state index contributed by atoms with van der Waals surface area (Å²) in [6.45, 7) is 3.91. The van der Waals surface area contributed by atoms with Crippen LogP contribution in [-0.2, 0) is 4.79 Å². The zero-order valence-electron chi connectivity index (χ0n) is 15.8. The van der Waals surface area contributed by atoms with Crippen molar-refractivity contribution >= 4 is 60.9 Å². The minimum Gasteiger partial charge on any atom is -0.301 e. The first kappa shape index (κ1) is 18.1. The number of carbonyl (C=O) groups is 1. The fraction of sp³-hybridized carbons (Fsp3) is 0.143. The van der Waals surface area contributed by atoms with E-state index in [0.717, 1.165) is 26.8 Å². The summed E-state index contributed by atoms with van der Waals surface area (Å²) in [5.74, 6) is -0.109. The second-order valence-corrected chi connectivity index (χ2v) is 9.15. The lowest BCUT2D eigenvalue weighted by Gasteiger charge is -2.10. The summed E-state index contributed by atoms with van der Waals surface area (Å²) in [6, 6.07) is 18.1. The Morgan fingerprint density at radius 3 is 2.90 bits per heavy atom. The van der Waals surface area contributed by atoms with Gasteiger partial charge in [0.2, 0.25) is 5.91 Å². The third kappa shape index (κ3) is 3.34. The summed E-state index contributed by atoms with van der Waals surface area (Å²) in [7, 11) is 0. The Labute approximate surface area is 175 Å². The number of hydrogen-bond acceptors (Lipinski definition) is 6. The first-order valence-corrected chi connectivity index (χ1v) is 10.9. The molecule has 0 aliphatic carbocycles. The van der Waals surface area contributed by atoms with Crippen LogP contribution in [-0.4, -0.2) is 30.7 Å². The number of pyridine rings is 1. The largest absolute Gasteiger partial charge is 0.301 e. The number of nitrogens with zero attached hydrogens (tertiary/aromatic N) is 4. The van der Waals surface area contributed by atoms with Crippen LogP contribution in [0.1, 0.15) is 12.5 Å². The SMILES string of the molecule is Cc1ccc2nc(NC(=O)C(C)Sc3nnc4ccc5ccccc5n34)sc2c1. The van der Waals surface area contributed by atoms with E-state index in [1.165, 1.54) is 28.7 Å². The normalized spacial score (nSPS) is 12.6. The molecule has 0 aliphatic rings. The molecule has 0 saturated heterocycles. The van der Waals surface area contributed by atoms with Gasteiger partial charge in [-0.2, -0.15) is 0 Å². The van der Waals surface area contributed by atoms with E-state index in [1.807, 2.05) is 66.8 Å². The molecule has 8 heteroatoms. The molecule has 1 N–H and O–H groups in total. The molecule has 2 aromatic carbocycles. The molecular weight excluding hydrogens is 402 g/mol. The Hall–Kier alpha value is -2.97. The first-order valence-electron chi connectivity index (χ1n) is 9.16. The highest BCUT2D eigenvalue weighted by Gasteiger charge is 2.20. The maximum Gasteiger partial charge on any atom is 0.239 e. The van der Waals surface area contributed by atoms with Crippen LogP contribution in [0.5, 0.6) is 0 Å². The third-order valence-electron chi connectivity index (χ3n) is 4.67. The Morgan fingerprint density at radius 1 is 1.14 bits per heavy atom. The number of para-hydroxylation sites is 1. The van der Waals surface area contributed by atoms with Crippen LogP contribution in [0.2, 0.25) is 0 Å². The number of fused-ring (bicyclic) bond motifs is 4. The molecule has 0 spiro atoms. The van der Waals surface area contributed by atoms with Crippen LogP contribution in [0.3, 0.4) is 0 Å². The second-order valence-electron chi connectivity index (χ2n) is 6.81. The van der Waals surface area contributed by atoms with Gasteiger partial charge in [-0.25, -0.2) is 4.98 Å². The van der Waals surface area contributed by atoms with E-state index in [4.69, 9.17) is 0 Å². The quantitative estimate of drug-likeness (QED) is 0.419. The van der Waals surface area contributed by atoms with Crippen molar-refractivity contribution < 1.29 is 4.79 Å². The van der Waals surface area contributed by atoms with Crippen molar-refractivity contribution in [2.75, 3.05) is 5.32 Å². The van der Waals surface area contributed by atoms with Gasteiger partial charge in [0.15, 0.2) is 15.9 Å². The Bertz CT molecular complexity index is 1370. The number of carbonyl (C=O) groups excluding carboxylic acids is 1. The van der Waals surface area contributed by atoms with Gasteiger partial charge in [-0.1, -0.05) is 47.4 Å². The minimum absolute atomic E-state index is 0.109. The van der Waals surface area contributed by atoms with Gasteiger partial charge in [-0.15, -0.1) is 10.2 Å². The predicted octanol–water partition coefficient (Wildman–Crippen LogP) is 4.92. The number of thioether (sulfide) groups is 1. The number of amides is 1. The molecule has 144 valence electrons. The summed E-state index contributed by atoms with van der Waals surface area (Å²) in [4.78, 5) is 17.3. The van der Waals surface area contributed by atoms with Gasteiger partial charge < -0.3 is 5.32 Å². The standard InChI is InChI=1S/C21H17N5OS2/c1-12-7-9-15-17(11-12)29-20(22-15)23-19(27)13(2)28-21-25-24-18-10-8-14-5-3-4-6-16(14)26(18)21/h3-11,13H,1-2H3,(H,22,23,27). The van der Waals surface area contributed by atoms with Crippen LogP contribution < -0.4 is 5.32 Å². The van der Waals surface area contributed by atoms with Crippen molar-refractivity contribution in [2.45, 2.75) is 24.3 Å². The van der Waals surface area contributed by atoms with Crippen molar-refractivity contribution in [2.24, 2.45) is 0 Å². The topological polar surface area (TPSA) is 72.2 Å². The van der Waals surface area contributed by atoms with E-state index in [1.54, 1.807) is 0 Å². The molecular formula is C21H17N5OS2. The second kappa shape index (κ2) is 7.13. The van der Waals surface area contributed by atoms with Crippen LogP contribution in [0.25, 0.3) is 26.8 Å². The summed E-state index contributed by atoms with van der Waals surface area (Å²) in [5.41, 5.74) is 3.85. The van der Waals surface area contributed by atoms with Crippen molar-refractivity contribution in [3.05, 3.63) is 60.2 Å². The molecule has 6 nitrogen and oxygen atoms in total. The number of nitrogens with one attached hydrogen (secondary N) is 1. The first-order chi connectivity index (χ1) is 14.1. The van der Waals surface area contributed by atoms with Crippen LogP contribution in [0, 0.1) is 6.92 Å². The van der Waals surface area contributed by atoms with E-state index < -0.39 is 0 Å². The number of aromatic nitrogens is 4. The number of hydrogen-bond donors (Lipinski definition) is 1. The van der Waals surface area contributed by atoms with Crippen molar-refractivity contribution in [3.8, 4) is 0 Å². The fourth-order valence-electron chi connectivity index (χ4n) is 3.19. The molecule has 1 amide bonds.